The van der Waals surface area contributed by atoms with Crippen LogP contribution in [-0.2, 0) is 6.54 Å². The van der Waals surface area contributed by atoms with E-state index >= 15 is 0 Å². The van der Waals surface area contributed by atoms with Crippen molar-refractivity contribution in [3.05, 3.63) is 50.7 Å². The lowest BCUT2D eigenvalue weighted by molar-refractivity contribution is 0.406. The molecule has 0 amide bonds. The Morgan fingerprint density at radius 1 is 1.35 bits per heavy atom. The monoisotopic (exact) mass is 358 g/mol. The Balaban J connectivity index is 2.01. The largest absolute Gasteiger partial charge is 0.364 e. The van der Waals surface area contributed by atoms with Crippen LogP contribution in [0.3, 0.4) is 0 Å². The highest BCUT2D eigenvalue weighted by molar-refractivity contribution is 9.11. The van der Waals surface area contributed by atoms with Crippen LogP contribution >= 0.6 is 31.9 Å². The van der Waals surface area contributed by atoms with Gasteiger partial charge in [0.1, 0.15) is 6.26 Å². The van der Waals surface area contributed by atoms with Crippen LogP contribution in [0, 0.1) is 0 Å². The van der Waals surface area contributed by atoms with Crippen LogP contribution in [0.15, 0.2) is 44.0 Å². The summed E-state index contributed by atoms with van der Waals surface area (Å²) in [6.07, 6.45) is 1.58. The Hall–Kier alpha value is -0.650. The molecule has 1 aromatic heterocycles. The van der Waals surface area contributed by atoms with E-state index < -0.39 is 0 Å². The van der Waals surface area contributed by atoms with Crippen molar-refractivity contribution < 1.29 is 4.52 Å². The number of halogens is 2. The third kappa shape index (κ3) is 3.40. The molecular formula is C12H12Br2N2O. The van der Waals surface area contributed by atoms with Crippen LogP contribution in [-0.4, -0.2) is 5.16 Å². The van der Waals surface area contributed by atoms with Gasteiger partial charge >= 0.3 is 0 Å². The Kier molecular flexibility index (Phi) is 4.36. The van der Waals surface area contributed by atoms with E-state index in [0.717, 1.165) is 14.6 Å². The molecule has 0 saturated carbocycles. The average Bonchev–Trinajstić information content (AvgIpc) is 2.78. The molecule has 1 unspecified atom stereocenters. The van der Waals surface area contributed by atoms with Crippen LogP contribution in [0.1, 0.15) is 24.2 Å². The van der Waals surface area contributed by atoms with E-state index in [9.17, 15) is 0 Å². The molecule has 0 aliphatic rings. The summed E-state index contributed by atoms with van der Waals surface area (Å²) in [5, 5.41) is 7.26. The summed E-state index contributed by atoms with van der Waals surface area (Å²) in [6, 6.07) is 8.28. The van der Waals surface area contributed by atoms with Gasteiger partial charge in [-0.1, -0.05) is 43.1 Å². The summed E-state index contributed by atoms with van der Waals surface area (Å²) in [7, 11) is 0. The Bertz CT molecular complexity index is 485. The van der Waals surface area contributed by atoms with Crippen molar-refractivity contribution in [2.45, 2.75) is 19.5 Å². The molecule has 1 atom stereocenters. The number of hydrogen-bond donors (Lipinski definition) is 1. The lowest BCUT2D eigenvalue weighted by Gasteiger charge is -2.15. The first kappa shape index (κ1) is 12.8. The average molecular weight is 360 g/mol. The predicted molar refractivity (Wildman–Crippen MR) is 73.6 cm³/mol. The van der Waals surface area contributed by atoms with Gasteiger partial charge in [-0.05, 0) is 24.6 Å². The molecule has 0 bridgehead atoms. The number of hydrogen-bond acceptors (Lipinski definition) is 3. The first-order valence-electron chi connectivity index (χ1n) is 5.24. The number of rotatable bonds is 4. The maximum Gasteiger partial charge on any atom is 0.124 e. The highest BCUT2D eigenvalue weighted by atomic mass is 79.9. The van der Waals surface area contributed by atoms with Crippen LogP contribution < -0.4 is 5.32 Å². The minimum absolute atomic E-state index is 0.245. The molecule has 0 fully saturated rings. The smallest absolute Gasteiger partial charge is 0.124 e. The highest BCUT2D eigenvalue weighted by Crippen LogP contribution is 2.26. The zero-order valence-electron chi connectivity index (χ0n) is 9.28. The molecule has 5 heteroatoms. The van der Waals surface area contributed by atoms with Gasteiger partial charge in [0.05, 0.1) is 5.69 Å². The van der Waals surface area contributed by atoms with Gasteiger partial charge in [-0.25, -0.2) is 0 Å². The Morgan fingerprint density at radius 3 is 2.82 bits per heavy atom. The van der Waals surface area contributed by atoms with Crippen LogP contribution in [0.25, 0.3) is 0 Å². The lowest BCUT2D eigenvalue weighted by Crippen LogP contribution is -2.18. The third-order valence-corrected chi connectivity index (χ3v) is 3.69. The molecule has 0 radical (unpaired) electrons. The molecule has 90 valence electrons. The zero-order chi connectivity index (χ0) is 12.3. The maximum absolute atomic E-state index is 4.79. The summed E-state index contributed by atoms with van der Waals surface area (Å²) in [4.78, 5) is 0. The van der Waals surface area contributed by atoms with E-state index in [-0.39, 0.29) is 6.04 Å². The Morgan fingerprint density at radius 2 is 2.18 bits per heavy atom. The first-order chi connectivity index (χ1) is 8.16. The van der Waals surface area contributed by atoms with Gasteiger partial charge < -0.3 is 9.84 Å². The molecular weight excluding hydrogens is 348 g/mol. The predicted octanol–water partition coefficient (Wildman–Crippen LogP) is 4.05. The van der Waals surface area contributed by atoms with Crippen molar-refractivity contribution >= 4 is 31.9 Å². The molecule has 2 rings (SSSR count). The fraction of sp³-hybridized carbons (Fsp3) is 0.250. The molecule has 0 aliphatic heterocycles. The number of aromatic nitrogens is 1. The molecule has 1 heterocycles. The fourth-order valence-electron chi connectivity index (χ4n) is 1.55. The summed E-state index contributed by atoms with van der Waals surface area (Å²) in [6.45, 7) is 2.81. The first-order valence-corrected chi connectivity index (χ1v) is 6.83. The van der Waals surface area contributed by atoms with E-state index in [1.54, 1.807) is 6.26 Å². The van der Waals surface area contributed by atoms with Crippen molar-refractivity contribution in [1.82, 2.24) is 10.5 Å². The van der Waals surface area contributed by atoms with Gasteiger partial charge in [0.15, 0.2) is 0 Å². The molecule has 1 aromatic carbocycles. The van der Waals surface area contributed by atoms with Crippen molar-refractivity contribution in [3.8, 4) is 0 Å². The molecule has 17 heavy (non-hydrogen) atoms. The maximum atomic E-state index is 4.79. The van der Waals surface area contributed by atoms with Crippen molar-refractivity contribution in [2.24, 2.45) is 0 Å². The van der Waals surface area contributed by atoms with Crippen LogP contribution in [0.4, 0.5) is 0 Å². The van der Waals surface area contributed by atoms with E-state index in [0.29, 0.717) is 6.54 Å². The van der Waals surface area contributed by atoms with E-state index in [1.165, 1.54) is 5.56 Å². The minimum Gasteiger partial charge on any atom is -0.364 e. The van der Waals surface area contributed by atoms with Gasteiger partial charge in [-0.3, -0.25) is 0 Å². The second-order valence-corrected chi connectivity index (χ2v) is 5.53. The van der Waals surface area contributed by atoms with Crippen molar-refractivity contribution in [1.29, 1.82) is 0 Å². The molecule has 0 saturated heterocycles. The standard InChI is InChI=1S/C12H12Br2N2O/c1-8(15-7-10-4-5-17-16-10)11-3-2-9(13)6-12(11)14/h2-6,8,15H,7H2,1H3. The quantitative estimate of drug-likeness (QED) is 0.894. The summed E-state index contributed by atoms with van der Waals surface area (Å²) < 4.78 is 6.94. The summed E-state index contributed by atoms with van der Waals surface area (Å²) in [5.74, 6) is 0. The topological polar surface area (TPSA) is 38.1 Å². The van der Waals surface area contributed by atoms with Crippen molar-refractivity contribution in [2.75, 3.05) is 0 Å². The van der Waals surface area contributed by atoms with Gasteiger partial charge in [0.2, 0.25) is 0 Å². The normalized spacial score (nSPS) is 12.6. The highest BCUT2D eigenvalue weighted by Gasteiger charge is 2.09. The van der Waals surface area contributed by atoms with Gasteiger partial charge in [0.25, 0.3) is 0 Å². The molecule has 0 aliphatic carbocycles. The Labute approximate surface area is 117 Å². The zero-order valence-corrected chi connectivity index (χ0v) is 12.5. The molecule has 2 aromatic rings. The van der Waals surface area contributed by atoms with Crippen molar-refractivity contribution in [3.63, 3.8) is 0 Å². The molecule has 0 spiro atoms. The van der Waals surface area contributed by atoms with E-state index in [2.05, 4.69) is 55.3 Å². The lowest BCUT2D eigenvalue weighted by atomic mass is 10.1. The number of nitrogens with zero attached hydrogens (tertiary/aromatic N) is 1. The minimum atomic E-state index is 0.245. The third-order valence-electron chi connectivity index (χ3n) is 2.51. The summed E-state index contributed by atoms with van der Waals surface area (Å²) >= 11 is 7.01. The van der Waals surface area contributed by atoms with Gasteiger partial charge in [-0.2, -0.15) is 0 Å². The van der Waals surface area contributed by atoms with E-state index in [1.807, 2.05) is 18.2 Å². The summed E-state index contributed by atoms with van der Waals surface area (Å²) in [5.41, 5.74) is 2.13. The second-order valence-electron chi connectivity index (χ2n) is 3.76. The van der Waals surface area contributed by atoms with Gasteiger partial charge in [0, 0.05) is 27.6 Å². The second kappa shape index (κ2) is 5.80. The number of benzene rings is 1. The van der Waals surface area contributed by atoms with E-state index in [4.69, 9.17) is 4.52 Å². The fourth-order valence-corrected chi connectivity index (χ4v) is 2.94. The molecule has 1 N–H and O–H groups in total. The van der Waals surface area contributed by atoms with Crippen LogP contribution in [0.5, 0.6) is 0 Å². The SMILES string of the molecule is CC(NCc1ccon1)c1ccc(Br)cc1Br. The van der Waals surface area contributed by atoms with Gasteiger partial charge in [-0.15, -0.1) is 0 Å². The van der Waals surface area contributed by atoms with Crippen LogP contribution in [0.2, 0.25) is 0 Å². The molecule has 3 nitrogen and oxygen atoms in total. The number of nitrogens with one attached hydrogen (secondary N) is 1.